The van der Waals surface area contributed by atoms with Crippen LogP contribution in [-0.2, 0) is 0 Å². The standard InChI is InChI=1S/C8H18N4S/c1-12(2)8(3-4-13-6-8)5-11-7(9)10/h3-6H2,1-2H3,(H4,9,10,11). The molecule has 1 fully saturated rings. The average molecular weight is 202 g/mol. The minimum absolute atomic E-state index is 0.175. The maximum Gasteiger partial charge on any atom is 0.185 e. The Kier molecular flexibility index (Phi) is 3.44. The van der Waals surface area contributed by atoms with Gasteiger partial charge in [0.15, 0.2) is 5.96 Å². The largest absolute Gasteiger partial charge is 0.370 e. The van der Waals surface area contributed by atoms with Crippen LogP contribution in [-0.4, -0.2) is 48.5 Å². The van der Waals surface area contributed by atoms with Crippen LogP contribution in [0.1, 0.15) is 6.42 Å². The molecule has 0 amide bonds. The summed E-state index contributed by atoms with van der Waals surface area (Å²) in [7, 11) is 4.18. The Hall–Kier alpha value is -0.420. The second-order valence-corrected chi connectivity index (χ2v) is 4.77. The van der Waals surface area contributed by atoms with Gasteiger partial charge in [0.25, 0.3) is 0 Å². The van der Waals surface area contributed by atoms with E-state index in [1.165, 1.54) is 12.2 Å². The van der Waals surface area contributed by atoms with Gasteiger partial charge in [0.1, 0.15) is 0 Å². The monoisotopic (exact) mass is 202 g/mol. The molecular weight excluding hydrogens is 184 g/mol. The Morgan fingerprint density at radius 1 is 1.54 bits per heavy atom. The van der Waals surface area contributed by atoms with Gasteiger partial charge in [-0.2, -0.15) is 11.8 Å². The van der Waals surface area contributed by atoms with Crippen LogP contribution in [0.3, 0.4) is 0 Å². The molecule has 1 heterocycles. The van der Waals surface area contributed by atoms with Crippen molar-refractivity contribution in [1.82, 2.24) is 4.90 Å². The number of nitrogens with zero attached hydrogens (tertiary/aromatic N) is 2. The van der Waals surface area contributed by atoms with E-state index in [0.29, 0.717) is 0 Å². The number of hydrogen-bond donors (Lipinski definition) is 2. The third-order valence-electron chi connectivity index (χ3n) is 2.59. The molecule has 0 aliphatic carbocycles. The van der Waals surface area contributed by atoms with Crippen molar-refractivity contribution < 1.29 is 0 Å². The minimum atomic E-state index is 0.175. The summed E-state index contributed by atoms with van der Waals surface area (Å²) >= 11 is 1.97. The van der Waals surface area contributed by atoms with Crippen LogP contribution in [0.15, 0.2) is 4.99 Å². The van der Waals surface area contributed by atoms with E-state index < -0.39 is 0 Å². The summed E-state index contributed by atoms with van der Waals surface area (Å²) in [6.07, 6.45) is 1.17. The Morgan fingerprint density at radius 3 is 2.62 bits per heavy atom. The first kappa shape index (κ1) is 10.7. The van der Waals surface area contributed by atoms with E-state index in [1.807, 2.05) is 11.8 Å². The number of rotatable bonds is 3. The van der Waals surface area contributed by atoms with Crippen molar-refractivity contribution in [3.8, 4) is 0 Å². The van der Waals surface area contributed by atoms with Crippen molar-refractivity contribution in [2.75, 3.05) is 32.1 Å². The molecule has 1 saturated heterocycles. The molecule has 0 saturated carbocycles. The summed E-state index contributed by atoms with van der Waals surface area (Å²) in [6.45, 7) is 0.718. The van der Waals surface area contributed by atoms with Crippen LogP contribution >= 0.6 is 11.8 Å². The van der Waals surface area contributed by atoms with Crippen LogP contribution in [0.5, 0.6) is 0 Å². The Labute approximate surface area is 83.7 Å². The summed E-state index contributed by atoms with van der Waals surface area (Å²) in [6, 6.07) is 0. The molecule has 1 atom stereocenters. The van der Waals surface area contributed by atoms with E-state index >= 15 is 0 Å². The van der Waals surface area contributed by atoms with Crippen LogP contribution in [0.25, 0.3) is 0 Å². The number of thioether (sulfide) groups is 1. The highest BCUT2D eigenvalue weighted by atomic mass is 32.2. The zero-order valence-corrected chi connectivity index (χ0v) is 9.10. The number of guanidine groups is 1. The summed E-state index contributed by atoms with van der Waals surface area (Å²) in [5.74, 6) is 2.52. The second kappa shape index (κ2) is 4.19. The van der Waals surface area contributed by atoms with Crippen molar-refractivity contribution in [2.24, 2.45) is 16.5 Å². The van der Waals surface area contributed by atoms with Gasteiger partial charge in [-0.25, -0.2) is 0 Å². The minimum Gasteiger partial charge on any atom is -0.370 e. The van der Waals surface area contributed by atoms with E-state index in [1.54, 1.807) is 0 Å². The quantitative estimate of drug-likeness (QED) is 0.487. The third kappa shape index (κ3) is 2.51. The number of aliphatic imine (C=N–C) groups is 1. The van der Waals surface area contributed by atoms with Crippen molar-refractivity contribution >= 4 is 17.7 Å². The van der Waals surface area contributed by atoms with E-state index in [9.17, 15) is 0 Å². The highest BCUT2D eigenvalue weighted by molar-refractivity contribution is 7.99. The molecule has 0 aromatic carbocycles. The molecule has 0 radical (unpaired) electrons. The summed E-state index contributed by atoms with van der Waals surface area (Å²) in [5, 5.41) is 0. The van der Waals surface area contributed by atoms with Gasteiger partial charge in [-0.05, 0) is 26.3 Å². The van der Waals surface area contributed by atoms with E-state index in [-0.39, 0.29) is 11.5 Å². The van der Waals surface area contributed by atoms with Gasteiger partial charge in [0.2, 0.25) is 0 Å². The Bertz CT molecular complexity index is 192. The molecule has 1 unspecified atom stereocenters. The summed E-state index contributed by atoms with van der Waals surface area (Å²) in [5.41, 5.74) is 10.8. The molecule has 4 nitrogen and oxygen atoms in total. The topological polar surface area (TPSA) is 67.6 Å². The molecule has 1 aliphatic rings. The van der Waals surface area contributed by atoms with Crippen LogP contribution in [0, 0.1) is 0 Å². The zero-order chi connectivity index (χ0) is 9.90. The lowest BCUT2D eigenvalue weighted by Crippen LogP contribution is -2.47. The smallest absolute Gasteiger partial charge is 0.185 e. The predicted octanol–water partition coefficient (Wildman–Crippen LogP) is -0.303. The maximum absolute atomic E-state index is 5.33. The molecular formula is C8H18N4S. The number of nitrogens with two attached hydrogens (primary N) is 2. The van der Waals surface area contributed by atoms with Gasteiger partial charge in [0, 0.05) is 11.3 Å². The summed E-state index contributed by atoms with van der Waals surface area (Å²) in [4.78, 5) is 6.35. The van der Waals surface area contributed by atoms with Gasteiger partial charge in [0.05, 0.1) is 6.54 Å². The number of hydrogen-bond acceptors (Lipinski definition) is 3. The first-order valence-electron chi connectivity index (χ1n) is 4.37. The first-order valence-corrected chi connectivity index (χ1v) is 5.53. The zero-order valence-electron chi connectivity index (χ0n) is 8.29. The van der Waals surface area contributed by atoms with Crippen molar-refractivity contribution in [3.63, 3.8) is 0 Å². The molecule has 1 aliphatic heterocycles. The Morgan fingerprint density at radius 2 is 2.23 bits per heavy atom. The van der Waals surface area contributed by atoms with Gasteiger partial charge < -0.3 is 16.4 Å². The molecule has 76 valence electrons. The molecule has 13 heavy (non-hydrogen) atoms. The van der Waals surface area contributed by atoms with E-state index in [2.05, 4.69) is 24.0 Å². The van der Waals surface area contributed by atoms with Gasteiger partial charge in [-0.1, -0.05) is 0 Å². The van der Waals surface area contributed by atoms with Crippen molar-refractivity contribution in [3.05, 3.63) is 0 Å². The molecule has 0 bridgehead atoms. The van der Waals surface area contributed by atoms with Crippen LogP contribution in [0.2, 0.25) is 0 Å². The van der Waals surface area contributed by atoms with Gasteiger partial charge in [-0.3, -0.25) is 4.99 Å². The lowest BCUT2D eigenvalue weighted by atomic mass is 9.98. The SMILES string of the molecule is CN(C)C1(CN=C(N)N)CCSC1. The third-order valence-corrected chi connectivity index (χ3v) is 3.82. The van der Waals surface area contributed by atoms with Gasteiger partial charge in [-0.15, -0.1) is 0 Å². The fraction of sp³-hybridized carbons (Fsp3) is 0.875. The van der Waals surface area contributed by atoms with E-state index in [0.717, 1.165) is 12.3 Å². The summed E-state index contributed by atoms with van der Waals surface area (Å²) < 4.78 is 0. The molecule has 4 N–H and O–H groups in total. The first-order chi connectivity index (χ1) is 6.07. The lowest BCUT2D eigenvalue weighted by molar-refractivity contribution is 0.190. The molecule has 0 spiro atoms. The molecule has 0 aromatic rings. The normalized spacial score (nSPS) is 27.9. The van der Waals surface area contributed by atoms with Crippen molar-refractivity contribution in [1.29, 1.82) is 0 Å². The second-order valence-electron chi connectivity index (χ2n) is 3.66. The van der Waals surface area contributed by atoms with Crippen LogP contribution in [0.4, 0.5) is 0 Å². The fourth-order valence-electron chi connectivity index (χ4n) is 1.45. The molecule has 0 aromatic heterocycles. The highest BCUT2D eigenvalue weighted by Crippen LogP contribution is 2.32. The Balaban J connectivity index is 2.62. The highest BCUT2D eigenvalue weighted by Gasteiger charge is 2.36. The van der Waals surface area contributed by atoms with Crippen molar-refractivity contribution in [2.45, 2.75) is 12.0 Å². The maximum atomic E-state index is 5.33. The predicted molar refractivity (Wildman–Crippen MR) is 59.0 cm³/mol. The van der Waals surface area contributed by atoms with E-state index in [4.69, 9.17) is 11.5 Å². The number of likely N-dealkylation sites (N-methyl/N-ethyl adjacent to an activating group) is 1. The van der Waals surface area contributed by atoms with Gasteiger partial charge >= 0.3 is 0 Å². The fourth-order valence-corrected chi connectivity index (χ4v) is 3.00. The lowest BCUT2D eigenvalue weighted by Gasteiger charge is -2.34. The molecule has 5 heteroatoms. The average Bonchev–Trinajstić information content (AvgIpc) is 2.50. The molecule has 1 rings (SSSR count). The van der Waals surface area contributed by atoms with Crippen LogP contribution < -0.4 is 11.5 Å².